The van der Waals surface area contributed by atoms with Crippen molar-refractivity contribution in [3.8, 4) is 0 Å². The lowest BCUT2D eigenvalue weighted by atomic mass is 12.7. The molecule has 0 rings (SSSR count). The fraction of sp³-hybridized carbons (Fsp3) is 0. The summed E-state index contributed by atoms with van der Waals surface area (Å²) in [5.41, 5.74) is -7.17. The zero-order valence-corrected chi connectivity index (χ0v) is 3.99. The Bertz CT molecular complexity index is 51.1. The Morgan fingerprint density at radius 2 is 0.600 bits per heavy atom. The van der Waals surface area contributed by atoms with Crippen molar-refractivity contribution < 1.29 is 31.4 Å². The van der Waals surface area contributed by atoms with Crippen molar-refractivity contribution in [2.45, 2.75) is 0 Å². The van der Waals surface area contributed by atoms with Crippen molar-refractivity contribution in [3.05, 3.63) is 0 Å². The van der Waals surface area contributed by atoms with Crippen molar-refractivity contribution in [3.63, 3.8) is 0 Å². The molecular weight excluding hydrogens is 175 g/mol. The van der Waals surface area contributed by atoms with Gasteiger partial charge in [-0.3, -0.25) is 0 Å². The minimum Gasteiger partial charge on any atom is -0.0784 e. The smallest absolute Gasteiger partial charge is 0.0784 e. The third-order valence-corrected chi connectivity index (χ3v) is 0.114. The minimum atomic E-state index is -2.50. The zero-order valence-electron chi connectivity index (χ0n) is 3.99. The van der Waals surface area contributed by atoms with Gasteiger partial charge in [-0.1, -0.05) is 31.4 Å². The molecule has 3 nitrogen and oxygen atoms in total. The van der Waals surface area contributed by atoms with E-state index in [1.165, 1.54) is 0 Å². The van der Waals surface area contributed by atoms with Gasteiger partial charge < -0.3 is 0 Å². The van der Waals surface area contributed by atoms with Crippen LogP contribution in [-0.2, 0) is 0 Å². The van der Waals surface area contributed by atoms with E-state index in [1.807, 2.05) is 0 Å². The van der Waals surface area contributed by atoms with Crippen molar-refractivity contribution in [1.29, 1.82) is 0 Å². The Balaban J connectivity index is 0. The molecule has 0 aliphatic rings. The lowest BCUT2D eigenvalue weighted by Crippen LogP contribution is -2.11. The molecule has 0 amide bonds. The summed E-state index contributed by atoms with van der Waals surface area (Å²) in [5, 5.41) is 0. The molecule has 0 unspecified atom stereocenters. The number of hydrogen-bond acceptors (Lipinski definition) is 3. The van der Waals surface area contributed by atoms with E-state index in [4.69, 9.17) is 0 Å². The van der Waals surface area contributed by atoms with Crippen LogP contribution in [0.4, 0.5) is 31.4 Å². The first kappa shape index (κ1) is 12.1. The molecule has 0 saturated carbocycles. The van der Waals surface area contributed by atoms with Gasteiger partial charge in [0.15, 0.2) is 16.5 Å². The van der Waals surface area contributed by atoms with Crippen LogP contribution in [0, 0.1) is 0 Å². The van der Waals surface area contributed by atoms with Crippen molar-refractivity contribution in [2.24, 2.45) is 0 Å². The average Bonchev–Trinajstić information content (AvgIpc) is 1.63. The molecular formula is F7N3. The third kappa shape index (κ3) is 26.3. The van der Waals surface area contributed by atoms with E-state index >= 15 is 0 Å². The largest absolute Gasteiger partial charge is 0.199 e. The van der Waals surface area contributed by atoms with Gasteiger partial charge in [0.25, 0.3) is 0 Å². The second-order valence-corrected chi connectivity index (χ2v) is 0.622. The summed E-state index contributed by atoms with van der Waals surface area (Å²) in [4.78, 5) is 0. The Hall–Kier alpha value is -0.610. The maximum Gasteiger partial charge on any atom is 0.199 e. The molecule has 10 heavy (non-hydrogen) atoms. The summed E-state index contributed by atoms with van der Waals surface area (Å²) in [6.07, 6.45) is 0. The highest BCUT2D eigenvalue weighted by Crippen LogP contribution is 1.97. The van der Waals surface area contributed by atoms with E-state index in [1.54, 1.807) is 0 Å². The second-order valence-electron chi connectivity index (χ2n) is 0.622. The van der Waals surface area contributed by atoms with Crippen molar-refractivity contribution in [1.82, 2.24) is 16.5 Å². The summed E-state index contributed by atoms with van der Waals surface area (Å²) in [6.45, 7) is 0. The van der Waals surface area contributed by atoms with Crippen LogP contribution in [0.15, 0.2) is 0 Å². The lowest BCUT2D eigenvalue weighted by molar-refractivity contribution is -0.446. The molecule has 0 N–H and O–H groups in total. The molecule has 0 aromatic carbocycles. The van der Waals surface area contributed by atoms with Gasteiger partial charge >= 0.3 is 0 Å². The van der Waals surface area contributed by atoms with Gasteiger partial charge in [-0.05, 0) is 0 Å². The number of nitrogens with zero attached hydrogens (tertiary/aromatic N) is 3. The number of hydrazine groups is 1. The molecule has 0 aliphatic heterocycles. The van der Waals surface area contributed by atoms with Gasteiger partial charge in [-0.2, -0.15) is 0 Å². The summed E-state index contributed by atoms with van der Waals surface area (Å²) in [7, 11) is 0. The van der Waals surface area contributed by atoms with Gasteiger partial charge in [0.2, 0.25) is 0 Å². The predicted octanol–water partition coefficient (Wildman–Crippen LogP) is 1.99. The molecule has 0 fully saturated rings. The minimum absolute atomic E-state index is 2.33. The Morgan fingerprint density at radius 1 is 0.500 bits per heavy atom. The van der Waals surface area contributed by atoms with Crippen LogP contribution >= 0.6 is 0 Å². The fourth-order valence-electron chi connectivity index (χ4n) is 0. The van der Waals surface area contributed by atoms with Crippen LogP contribution in [0.2, 0.25) is 0 Å². The van der Waals surface area contributed by atoms with E-state index in [-0.39, 0.29) is 0 Å². The van der Waals surface area contributed by atoms with Gasteiger partial charge in [-0.15, -0.1) is 0 Å². The van der Waals surface area contributed by atoms with E-state index in [9.17, 15) is 31.4 Å². The number of hydrogen-bond donors (Lipinski definition) is 0. The van der Waals surface area contributed by atoms with Crippen molar-refractivity contribution >= 4 is 0 Å². The van der Waals surface area contributed by atoms with Gasteiger partial charge in [-0.25, -0.2) is 0 Å². The van der Waals surface area contributed by atoms with Crippen LogP contribution in [0.3, 0.4) is 0 Å². The van der Waals surface area contributed by atoms with Crippen LogP contribution in [-0.4, -0.2) is 16.5 Å². The normalized spacial score (nSPS) is 10.2. The third-order valence-electron chi connectivity index (χ3n) is 0.114. The highest BCUT2D eigenvalue weighted by atomic mass is 19.5. The Kier molecular flexibility index (Phi) is 7.88. The molecule has 0 atom stereocenters. The second kappa shape index (κ2) is 6.51. The summed E-state index contributed by atoms with van der Waals surface area (Å²) in [6, 6.07) is 0. The molecule has 0 aliphatic carbocycles. The average molecular weight is 175 g/mol. The molecule has 0 bridgehead atoms. The molecule has 64 valence electrons. The van der Waals surface area contributed by atoms with Crippen LogP contribution < -0.4 is 0 Å². The summed E-state index contributed by atoms with van der Waals surface area (Å²) < 4.78 is 69.2. The highest BCUT2D eigenvalue weighted by molar-refractivity contribution is 3.63. The highest BCUT2D eigenvalue weighted by Gasteiger charge is 2.08. The van der Waals surface area contributed by atoms with Gasteiger partial charge in [0, 0.05) is 0 Å². The van der Waals surface area contributed by atoms with Crippen LogP contribution in [0.25, 0.3) is 0 Å². The van der Waals surface area contributed by atoms with E-state index in [0.717, 1.165) is 0 Å². The molecule has 0 aromatic rings. The van der Waals surface area contributed by atoms with Crippen LogP contribution in [0.1, 0.15) is 0 Å². The molecule has 10 heteroatoms. The van der Waals surface area contributed by atoms with E-state index in [0.29, 0.717) is 0 Å². The topological polar surface area (TPSA) is 9.72 Å². The SMILES string of the molecule is FN(F)F.FN(F)N(F)F. The maximum absolute atomic E-state index is 10.2. The predicted molar refractivity (Wildman–Crippen MR) is 13.3 cm³/mol. The molecule has 0 heterocycles. The summed E-state index contributed by atoms with van der Waals surface area (Å²) in [5.74, 6) is 0. The van der Waals surface area contributed by atoms with Gasteiger partial charge in [0.05, 0.1) is 0 Å². The number of rotatable bonds is 1. The maximum atomic E-state index is 10.2. The standard InChI is InChI=1S/F4N2.F3N/c1-5(2)6(3)4;1-4(2)3. The molecule has 0 saturated heterocycles. The van der Waals surface area contributed by atoms with Crippen LogP contribution in [0.5, 0.6) is 0 Å². The monoisotopic (exact) mass is 175 g/mol. The lowest BCUT2D eigenvalue weighted by Gasteiger charge is -1.92. The van der Waals surface area contributed by atoms with Gasteiger partial charge in [0.1, 0.15) is 0 Å². The quantitative estimate of drug-likeness (QED) is 0.342. The van der Waals surface area contributed by atoms with E-state index in [2.05, 4.69) is 0 Å². The zero-order chi connectivity index (χ0) is 8.73. The Morgan fingerprint density at radius 3 is 0.600 bits per heavy atom. The first-order valence-corrected chi connectivity index (χ1v) is 1.38. The molecule has 0 spiro atoms. The first-order chi connectivity index (χ1) is 4.37. The van der Waals surface area contributed by atoms with E-state index < -0.39 is 16.5 Å². The molecule has 0 aromatic heterocycles. The number of halogens is 7. The Labute approximate surface area is 49.3 Å². The van der Waals surface area contributed by atoms with Crippen molar-refractivity contribution in [2.75, 3.05) is 0 Å². The summed E-state index contributed by atoms with van der Waals surface area (Å²) >= 11 is 0. The first-order valence-electron chi connectivity index (χ1n) is 1.38. The molecule has 0 radical (unpaired) electrons. The fourth-order valence-corrected chi connectivity index (χ4v) is 0.